The van der Waals surface area contributed by atoms with E-state index in [0.717, 1.165) is 35.7 Å². The molecule has 3 rings (SSSR count). The standard InChI is InChI=1S/C14H20N6/c1-8(2)11-6-7-20(19-11)14-9(3)12(18-15)16-13(17-14)10-4-5-10/h6-8,10H,4-5,15H2,1-3H3,(H,16,17,18). The average molecular weight is 272 g/mol. The summed E-state index contributed by atoms with van der Waals surface area (Å²) in [5.74, 6) is 8.79. The average Bonchev–Trinajstić information content (AvgIpc) is 3.16. The molecular weight excluding hydrogens is 252 g/mol. The van der Waals surface area contributed by atoms with Crippen molar-refractivity contribution in [1.82, 2.24) is 19.7 Å². The highest BCUT2D eigenvalue weighted by atomic mass is 15.3. The van der Waals surface area contributed by atoms with Gasteiger partial charge in [-0.3, -0.25) is 0 Å². The maximum Gasteiger partial charge on any atom is 0.162 e. The third-order valence-corrected chi connectivity index (χ3v) is 3.63. The first-order valence-corrected chi connectivity index (χ1v) is 7.01. The van der Waals surface area contributed by atoms with Gasteiger partial charge >= 0.3 is 0 Å². The van der Waals surface area contributed by atoms with E-state index in [9.17, 15) is 0 Å². The number of hydrogen-bond donors (Lipinski definition) is 2. The Balaban J connectivity index is 2.08. The second-order valence-corrected chi connectivity index (χ2v) is 5.64. The summed E-state index contributed by atoms with van der Waals surface area (Å²) in [5.41, 5.74) is 4.63. The van der Waals surface area contributed by atoms with Crippen molar-refractivity contribution in [2.45, 2.75) is 45.4 Å². The van der Waals surface area contributed by atoms with Gasteiger partial charge < -0.3 is 5.43 Å². The molecule has 1 saturated carbocycles. The Morgan fingerprint density at radius 2 is 2.10 bits per heavy atom. The second kappa shape index (κ2) is 4.86. The quantitative estimate of drug-likeness (QED) is 0.659. The lowest BCUT2D eigenvalue weighted by Gasteiger charge is -2.11. The second-order valence-electron chi connectivity index (χ2n) is 5.64. The molecule has 2 aromatic heterocycles. The fraction of sp³-hybridized carbons (Fsp3) is 0.500. The lowest BCUT2D eigenvalue weighted by Crippen LogP contribution is -2.15. The van der Waals surface area contributed by atoms with Crippen LogP contribution in [0, 0.1) is 6.92 Å². The molecular formula is C14H20N6. The fourth-order valence-electron chi connectivity index (χ4n) is 2.17. The predicted molar refractivity (Wildman–Crippen MR) is 77.8 cm³/mol. The number of hydrazine groups is 1. The van der Waals surface area contributed by atoms with Gasteiger partial charge in [0.25, 0.3) is 0 Å². The number of rotatable bonds is 4. The Kier molecular flexibility index (Phi) is 3.17. The van der Waals surface area contributed by atoms with Crippen LogP contribution >= 0.6 is 0 Å². The molecule has 0 spiro atoms. The zero-order valence-corrected chi connectivity index (χ0v) is 12.1. The molecule has 0 saturated heterocycles. The largest absolute Gasteiger partial charge is 0.308 e. The summed E-state index contributed by atoms with van der Waals surface area (Å²) in [5, 5.41) is 4.59. The van der Waals surface area contributed by atoms with Crippen LogP contribution in [0.2, 0.25) is 0 Å². The van der Waals surface area contributed by atoms with Gasteiger partial charge in [0.15, 0.2) is 5.82 Å². The minimum absolute atomic E-state index is 0.397. The molecule has 0 unspecified atom stereocenters. The van der Waals surface area contributed by atoms with Gasteiger partial charge in [0, 0.05) is 17.7 Å². The van der Waals surface area contributed by atoms with Gasteiger partial charge in [0.2, 0.25) is 0 Å². The highest BCUT2D eigenvalue weighted by Gasteiger charge is 2.28. The van der Waals surface area contributed by atoms with Crippen LogP contribution in [0.3, 0.4) is 0 Å². The van der Waals surface area contributed by atoms with Crippen molar-refractivity contribution in [2.24, 2.45) is 5.84 Å². The van der Waals surface area contributed by atoms with E-state index in [1.807, 2.05) is 23.9 Å². The highest BCUT2D eigenvalue weighted by Crippen LogP contribution is 2.39. The molecule has 106 valence electrons. The van der Waals surface area contributed by atoms with E-state index in [0.29, 0.717) is 17.7 Å². The van der Waals surface area contributed by atoms with Crippen molar-refractivity contribution in [3.63, 3.8) is 0 Å². The van der Waals surface area contributed by atoms with Crippen LogP contribution in [0.25, 0.3) is 5.82 Å². The molecule has 0 atom stereocenters. The molecule has 1 fully saturated rings. The minimum Gasteiger partial charge on any atom is -0.308 e. The maximum atomic E-state index is 5.57. The summed E-state index contributed by atoms with van der Waals surface area (Å²) in [6.07, 6.45) is 4.26. The van der Waals surface area contributed by atoms with Crippen LogP contribution in [0.15, 0.2) is 12.3 Å². The predicted octanol–water partition coefficient (Wildman–Crippen LogP) is 2.26. The summed E-state index contributed by atoms with van der Waals surface area (Å²) in [6.45, 7) is 6.21. The van der Waals surface area contributed by atoms with E-state index in [2.05, 4.69) is 34.3 Å². The van der Waals surface area contributed by atoms with Gasteiger partial charge in [-0.2, -0.15) is 5.10 Å². The SMILES string of the molecule is Cc1c(NN)nc(C2CC2)nc1-n1ccc(C(C)C)n1. The molecule has 0 aliphatic heterocycles. The highest BCUT2D eigenvalue weighted by molar-refractivity contribution is 5.51. The van der Waals surface area contributed by atoms with Gasteiger partial charge in [-0.1, -0.05) is 13.8 Å². The topological polar surface area (TPSA) is 81.6 Å². The third-order valence-electron chi connectivity index (χ3n) is 3.63. The smallest absolute Gasteiger partial charge is 0.162 e. The van der Waals surface area contributed by atoms with Crippen molar-refractivity contribution in [1.29, 1.82) is 0 Å². The number of nitrogens with one attached hydrogen (secondary N) is 1. The number of aromatic nitrogens is 4. The molecule has 6 nitrogen and oxygen atoms in total. The number of nitrogen functional groups attached to an aromatic ring is 1. The molecule has 0 radical (unpaired) electrons. The van der Waals surface area contributed by atoms with E-state index in [1.54, 1.807) is 0 Å². The Hall–Kier alpha value is -1.95. The van der Waals surface area contributed by atoms with Crippen LogP contribution in [0.5, 0.6) is 0 Å². The van der Waals surface area contributed by atoms with E-state index in [-0.39, 0.29) is 0 Å². The van der Waals surface area contributed by atoms with E-state index >= 15 is 0 Å². The van der Waals surface area contributed by atoms with Crippen molar-refractivity contribution in [3.05, 3.63) is 29.3 Å². The van der Waals surface area contributed by atoms with Crippen molar-refractivity contribution in [3.8, 4) is 5.82 Å². The number of nitrogens with two attached hydrogens (primary N) is 1. The molecule has 20 heavy (non-hydrogen) atoms. The van der Waals surface area contributed by atoms with Crippen LogP contribution < -0.4 is 11.3 Å². The Labute approximate surface area is 118 Å². The van der Waals surface area contributed by atoms with E-state index in [1.165, 1.54) is 0 Å². The monoisotopic (exact) mass is 272 g/mol. The Morgan fingerprint density at radius 1 is 1.35 bits per heavy atom. The van der Waals surface area contributed by atoms with Crippen molar-refractivity contribution in [2.75, 3.05) is 5.43 Å². The van der Waals surface area contributed by atoms with Crippen LogP contribution in [-0.2, 0) is 0 Å². The summed E-state index contributed by atoms with van der Waals surface area (Å²) in [4.78, 5) is 9.17. The molecule has 0 amide bonds. The van der Waals surface area contributed by atoms with Crippen LogP contribution in [-0.4, -0.2) is 19.7 Å². The maximum absolute atomic E-state index is 5.57. The molecule has 1 aliphatic carbocycles. The number of nitrogens with zero attached hydrogens (tertiary/aromatic N) is 4. The van der Waals surface area contributed by atoms with Gasteiger partial charge in [0.1, 0.15) is 11.6 Å². The van der Waals surface area contributed by atoms with E-state index in [4.69, 9.17) is 5.84 Å². The van der Waals surface area contributed by atoms with Gasteiger partial charge in [0.05, 0.1) is 5.69 Å². The first kappa shape index (κ1) is 13.1. The Morgan fingerprint density at radius 3 is 2.65 bits per heavy atom. The molecule has 3 N–H and O–H groups in total. The number of anilines is 1. The zero-order chi connectivity index (χ0) is 14.3. The first-order valence-electron chi connectivity index (χ1n) is 7.01. The van der Waals surface area contributed by atoms with Crippen molar-refractivity contribution >= 4 is 5.82 Å². The molecule has 6 heteroatoms. The summed E-state index contributed by atoms with van der Waals surface area (Å²) in [7, 11) is 0. The third kappa shape index (κ3) is 2.27. The molecule has 1 aliphatic rings. The number of hydrogen-bond acceptors (Lipinski definition) is 5. The summed E-state index contributed by atoms with van der Waals surface area (Å²) in [6, 6.07) is 2.03. The lowest BCUT2D eigenvalue weighted by atomic mass is 10.1. The minimum atomic E-state index is 0.397. The molecule has 0 aromatic carbocycles. The fourth-order valence-corrected chi connectivity index (χ4v) is 2.17. The lowest BCUT2D eigenvalue weighted by molar-refractivity contribution is 0.744. The molecule has 2 heterocycles. The van der Waals surface area contributed by atoms with Gasteiger partial charge in [-0.05, 0) is 31.7 Å². The van der Waals surface area contributed by atoms with Gasteiger partial charge in [-0.25, -0.2) is 20.5 Å². The molecule has 2 aromatic rings. The first-order chi connectivity index (χ1) is 9.60. The Bertz CT molecular complexity index is 627. The van der Waals surface area contributed by atoms with Crippen LogP contribution in [0.1, 0.15) is 55.6 Å². The summed E-state index contributed by atoms with van der Waals surface area (Å²) >= 11 is 0. The zero-order valence-electron chi connectivity index (χ0n) is 12.1. The summed E-state index contributed by atoms with van der Waals surface area (Å²) < 4.78 is 1.82. The molecule has 0 bridgehead atoms. The van der Waals surface area contributed by atoms with Gasteiger partial charge in [-0.15, -0.1) is 0 Å². The normalized spacial score (nSPS) is 14.8. The van der Waals surface area contributed by atoms with Crippen LogP contribution in [0.4, 0.5) is 5.82 Å². The van der Waals surface area contributed by atoms with Crippen molar-refractivity contribution < 1.29 is 0 Å². The van der Waals surface area contributed by atoms with E-state index < -0.39 is 0 Å².